The van der Waals surface area contributed by atoms with Crippen LogP contribution in [-0.4, -0.2) is 19.6 Å². The number of hydrogen-bond donors (Lipinski definition) is 3. The first kappa shape index (κ1) is 21.9. The van der Waals surface area contributed by atoms with Crippen molar-refractivity contribution >= 4 is 0 Å². The monoisotopic (exact) mass is 313 g/mol. The van der Waals surface area contributed by atoms with E-state index < -0.39 is 0 Å². The van der Waals surface area contributed by atoms with Gasteiger partial charge in [0.1, 0.15) is 0 Å². The lowest BCUT2D eigenvalue weighted by Gasteiger charge is -2.34. The summed E-state index contributed by atoms with van der Waals surface area (Å²) >= 11 is 0. The van der Waals surface area contributed by atoms with Gasteiger partial charge in [0.25, 0.3) is 0 Å². The molecule has 0 heterocycles. The standard InChI is InChI=1S/C19H43N3/c1-15(8-11-21)16(2)12-18(14-22)17(3)13-19(4,5)9-6-7-10-20/h15-18H,6-14,20-22H2,1-5H3. The second kappa shape index (κ2) is 11.4. The smallest absolute Gasteiger partial charge is 0.00462 e. The van der Waals surface area contributed by atoms with E-state index in [4.69, 9.17) is 17.2 Å². The molecule has 0 aliphatic heterocycles. The Balaban J connectivity index is 4.41. The molecule has 0 aromatic rings. The van der Waals surface area contributed by atoms with Crippen molar-refractivity contribution < 1.29 is 0 Å². The lowest BCUT2D eigenvalue weighted by atomic mass is 9.72. The minimum absolute atomic E-state index is 0.397. The number of nitrogens with two attached hydrogens (primary N) is 3. The third-order valence-electron chi connectivity index (χ3n) is 5.56. The molecule has 0 aromatic carbocycles. The van der Waals surface area contributed by atoms with Gasteiger partial charge in [0, 0.05) is 0 Å². The van der Waals surface area contributed by atoms with Gasteiger partial charge in [-0.25, -0.2) is 0 Å². The van der Waals surface area contributed by atoms with E-state index >= 15 is 0 Å². The highest BCUT2D eigenvalue weighted by molar-refractivity contribution is 4.79. The van der Waals surface area contributed by atoms with Crippen LogP contribution in [0.2, 0.25) is 0 Å². The summed E-state index contributed by atoms with van der Waals surface area (Å²) in [7, 11) is 0. The molecule has 0 aromatic heterocycles. The third-order valence-corrected chi connectivity index (χ3v) is 5.56. The number of rotatable bonds is 13. The molecular weight excluding hydrogens is 270 g/mol. The molecule has 4 atom stereocenters. The van der Waals surface area contributed by atoms with Gasteiger partial charge in [0.15, 0.2) is 0 Å². The highest BCUT2D eigenvalue weighted by Crippen LogP contribution is 2.36. The first-order valence-corrected chi connectivity index (χ1v) is 9.37. The third kappa shape index (κ3) is 9.12. The van der Waals surface area contributed by atoms with E-state index in [0.29, 0.717) is 29.1 Å². The molecule has 0 saturated carbocycles. The summed E-state index contributed by atoms with van der Waals surface area (Å²) < 4.78 is 0. The SMILES string of the molecule is CC(CCN)C(C)CC(CN)C(C)CC(C)(C)CCCCN. The highest BCUT2D eigenvalue weighted by Gasteiger charge is 2.27. The molecule has 4 unspecified atom stereocenters. The van der Waals surface area contributed by atoms with Crippen molar-refractivity contribution in [3.05, 3.63) is 0 Å². The van der Waals surface area contributed by atoms with Gasteiger partial charge in [-0.2, -0.15) is 0 Å². The topological polar surface area (TPSA) is 78.1 Å². The number of hydrogen-bond acceptors (Lipinski definition) is 3. The summed E-state index contributed by atoms with van der Waals surface area (Å²) in [6, 6.07) is 0. The molecule has 0 amide bonds. The van der Waals surface area contributed by atoms with Crippen molar-refractivity contribution in [2.24, 2.45) is 46.3 Å². The van der Waals surface area contributed by atoms with Crippen molar-refractivity contribution in [1.29, 1.82) is 0 Å². The zero-order valence-corrected chi connectivity index (χ0v) is 15.9. The van der Waals surface area contributed by atoms with Gasteiger partial charge in [0.05, 0.1) is 0 Å². The van der Waals surface area contributed by atoms with Crippen LogP contribution in [0.15, 0.2) is 0 Å². The molecule has 0 bridgehead atoms. The molecule has 0 aliphatic carbocycles. The maximum absolute atomic E-state index is 6.10. The van der Waals surface area contributed by atoms with Crippen molar-refractivity contribution in [1.82, 2.24) is 0 Å². The zero-order valence-electron chi connectivity index (χ0n) is 15.9. The molecule has 0 radical (unpaired) electrons. The molecular formula is C19H43N3. The van der Waals surface area contributed by atoms with Gasteiger partial charge in [-0.1, -0.05) is 41.0 Å². The highest BCUT2D eigenvalue weighted by atomic mass is 14.6. The van der Waals surface area contributed by atoms with Crippen LogP contribution in [0.3, 0.4) is 0 Å². The quantitative estimate of drug-likeness (QED) is 0.453. The minimum Gasteiger partial charge on any atom is -0.330 e. The normalized spacial score (nSPS) is 18.0. The summed E-state index contributed by atoms with van der Waals surface area (Å²) in [6.07, 6.45) is 7.27. The fourth-order valence-corrected chi connectivity index (χ4v) is 3.71. The van der Waals surface area contributed by atoms with Crippen molar-refractivity contribution in [2.75, 3.05) is 19.6 Å². The lowest BCUT2D eigenvalue weighted by molar-refractivity contribution is 0.176. The van der Waals surface area contributed by atoms with Crippen LogP contribution in [0.25, 0.3) is 0 Å². The Labute approximate surface area is 139 Å². The summed E-state index contributed by atoms with van der Waals surface area (Å²) in [4.78, 5) is 0. The Bertz CT molecular complexity index is 265. The van der Waals surface area contributed by atoms with Crippen LogP contribution in [0.4, 0.5) is 0 Å². The first-order valence-electron chi connectivity index (χ1n) is 9.37. The largest absolute Gasteiger partial charge is 0.330 e. The van der Waals surface area contributed by atoms with E-state index in [-0.39, 0.29) is 0 Å². The van der Waals surface area contributed by atoms with Crippen LogP contribution in [0, 0.1) is 29.1 Å². The summed E-state index contributed by atoms with van der Waals surface area (Å²) in [5, 5.41) is 0. The first-order chi connectivity index (χ1) is 10.3. The fourth-order valence-electron chi connectivity index (χ4n) is 3.71. The van der Waals surface area contributed by atoms with Gasteiger partial charge in [-0.3, -0.25) is 0 Å². The molecule has 0 saturated heterocycles. The molecule has 134 valence electrons. The average molecular weight is 314 g/mol. The van der Waals surface area contributed by atoms with Gasteiger partial charge < -0.3 is 17.2 Å². The predicted molar refractivity (Wildman–Crippen MR) is 99.6 cm³/mol. The van der Waals surface area contributed by atoms with Crippen LogP contribution in [0.1, 0.15) is 73.1 Å². The number of unbranched alkanes of at least 4 members (excludes halogenated alkanes) is 1. The second-order valence-electron chi connectivity index (χ2n) is 8.35. The Kier molecular flexibility index (Phi) is 11.4. The Hall–Kier alpha value is -0.120. The summed E-state index contributed by atoms with van der Waals surface area (Å²) in [5.74, 6) is 2.72. The van der Waals surface area contributed by atoms with E-state index in [0.717, 1.165) is 32.5 Å². The van der Waals surface area contributed by atoms with Gasteiger partial charge in [-0.05, 0) is 80.8 Å². The molecule has 22 heavy (non-hydrogen) atoms. The molecule has 3 nitrogen and oxygen atoms in total. The second-order valence-corrected chi connectivity index (χ2v) is 8.35. The van der Waals surface area contributed by atoms with Crippen molar-refractivity contribution in [3.63, 3.8) is 0 Å². The van der Waals surface area contributed by atoms with Crippen LogP contribution >= 0.6 is 0 Å². The van der Waals surface area contributed by atoms with Crippen molar-refractivity contribution in [2.45, 2.75) is 73.1 Å². The van der Waals surface area contributed by atoms with E-state index in [1.165, 1.54) is 25.7 Å². The van der Waals surface area contributed by atoms with Gasteiger partial charge >= 0.3 is 0 Å². The lowest BCUT2D eigenvalue weighted by Crippen LogP contribution is -2.29. The van der Waals surface area contributed by atoms with E-state index in [2.05, 4.69) is 34.6 Å². The van der Waals surface area contributed by atoms with Crippen LogP contribution in [0.5, 0.6) is 0 Å². The molecule has 3 heteroatoms. The minimum atomic E-state index is 0.397. The van der Waals surface area contributed by atoms with Crippen LogP contribution in [-0.2, 0) is 0 Å². The summed E-state index contributed by atoms with van der Waals surface area (Å²) in [6.45, 7) is 14.3. The molecule has 6 N–H and O–H groups in total. The van der Waals surface area contributed by atoms with E-state index in [1.54, 1.807) is 0 Å². The van der Waals surface area contributed by atoms with E-state index in [9.17, 15) is 0 Å². The molecule has 0 rings (SSSR count). The molecule has 0 fully saturated rings. The van der Waals surface area contributed by atoms with Crippen molar-refractivity contribution in [3.8, 4) is 0 Å². The van der Waals surface area contributed by atoms with Gasteiger partial charge in [0.2, 0.25) is 0 Å². The zero-order chi connectivity index (χ0) is 17.2. The molecule has 0 spiro atoms. The Morgan fingerprint density at radius 2 is 1.45 bits per heavy atom. The fraction of sp³-hybridized carbons (Fsp3) is 1.00. The Morgan fingerprint density at radius 3 is 1.95 bits per heavy atom. The molecule has 0 aliphatic rings. The maximum atomic E-state index is 6.10. The van der Waals surface area contributed by atoms with Gasteiger partial charge in [-0.15, -0.1) is 0 Å². The summed E-state index contributed by atoms with van der Waals surface area (Å²) in [5.41, 5.74) is 17.8. The van der Waals surface area contributed by atoms with Crippen LogP contribution < -0.4 is 17.2 Å². The Morgan fingerprint density at radius 1 is 0.818 bits per heavy atom. The maximum Gasteiger partial charge on any atom is -0.00462 e. The average Bonchev–Trinajstić information content (AvgIpc) is 2.44. The predicted octanol–water partition coefficient (Wildman–Crippen LogP) is 3.75. The van der Waals surface area contributed by atoms with E-state index in [1.807, 2.05) is 0 Å².